The van der Waals surface area contributed by atoms with Crippen molar-refractivity contribution in [2.45, 2.75) is 12.8 Å². The van der Waals surface area contributed by atoms with Gasteiger partial charge in [0.25, 0.3) is 0 Å². The van der Waals surface area contributed by atoms with Gasteiger partial charge >= 0.3 is 0 Å². The smallest absolute Gasteiger partial charge is 0.163 e. The topological polar surface area (TPSA) is 68.7 Å². The number of para-hydroxylation sites is 1. The van der Waals surface area contributed by atoms with E-state index >= 15 is 0 Å². The molecule has 0 amide bonds. The Morgan fingerprint density at radius 1 is 0.972 bits per heavy atom. The third kappa shape index (κ3) is 5.64. The first-order chi connectivity index (χ1) is 17.6. The molecule has 8 heteroatoms. The van der Waals surface area contributed by atoms with Crippen LogP contribution in [0.1, 0.15) is 12.8 Å². The third-order valence-electron chi connectivity index (χ3n) is 6.41. The first kappa shape index (κ1) is 24.2. The Morgan fingerprint density at radius 2 is 1.75 bits per heavy atom. The number of aromatic nitrogens is 2. The molecule has 5 rings (SSSR count). The van der Waals surface area contributed by atoms with Gasteiger partial charge in [-0.2, -0.15) is 0 Å². The molecule has 0 radical (unpaired) electrons. The molecule has 0 bridgehead atoms. The number of hydrogen-bond donors (Lipinski definition) is 1. The van der Waals surface area contributed by atoms with E-state index in [2.05, 4.69) is 27.2 Å². The van der Waals surface area contributed by atoms with Crippen LogP contribution in [0.15, 0.2) is 67.0 Å². The summed E-state index contributed by atoms with van der Waals surface area (Å²) < 4.78 is 17.7. The molecule has 0 unspecified atom stereocenters. The minimum atomic E-state index is 0.550. The highest BCUT2D eigenvalue weighted by Crippen LogP contribution is 2.36. The summed E-state index contributed by atoms with van der Waals surface area (Å²) in [5, 5.41) is 4.78. The van der Waals surface area contributed by atoms with Gasteiger partial charge in [0.15, 0.2) is 11.5 Å². The number of methoxy groups -OCH3 is 1. The molecule has 1 N–H and O–H groups in total. The fourth-order valence-corrected chi connectivity index (χ4v) is 4.44. The molecule has 4 aromatic rings. The lowest BCUT2D eigenvalue weighted by Gasteiger charge is -2.28. The van der Waals surface area contributed by atoms with E-state index in [1.165, 1.54) is 0 Å². The molecule has 3 aromatic carbocycles. The van der Waals surface area contributed by atoms with Crippen LogP contribution in [0.3, 0.4) is 0 Å². The monoisotopic (exact) mass is 504 g/mol. The second-order valence-electron chi connectivity index (χ2n) is 8.98. The number of likely N-dealkylation sites (tertiary alicyclic amines) is 1. The molecule has 1 fully saturated rings. The van der Waals surface area contributed by atoms with Crippen molar-refractivity contribution >= 4 is 34.0 Å². The van der Waals surface area contributed by atoms with E-state index in [1.807, 2.05) is 54.6 Å². The van der Waals surface area contributed by atoms with Crippen LogP contribution in [0.4, 0.5) is 11.5 Å². The maximum absolute atomic E-state index is 6.20. The van der Waals surface area contributed by atoms with Gasteiger partial charge in [-0.25, -0.2) is 9.97 Å². The Kier molecular flexibility index (Phi) is 7.39. The molecular weight excluding hydrogens is 476 g/mol. The average molecular weight is 505 g/mol. The van der Waals surface area contributed by atoms with Crippen molar-refractivity contribution in [3.63, 3.8) is 0 Å². The molecule has 186 valence electrons. The second-order valence-corrected chi connectivity index (χ2v) is 9.39. The first-order valence-corrected chi connectivity index (χ1v) is 12.4. The van der Waals surface area contributed by atoms with Crippen molar-refractivity contribution in [3.05, 3.63) is 72.0 Å². The van der Waals surface area contributed by atoms with Crippen molar-refractivity contribution in [1.82, 2.24) is 14.9 Å². The highest BCUT2D eigenvalue weighted by Gasteiger charge is 2.19. The Balaban J connectivity index is 1.31. The molecule has 1 aromatic heterocycles. The molecule has 1 saturated heterocycles. The molecule has 2 heterocycles. The third-order valence-corrected chi connectivity index (χ3v) is 6.73. The van der Waals surface area contributed by atoms with Gasteiger partial charge in [-0.15, -0.1) is 0 Å². The molecule has 0 atom stereocenters. The minimum absolute atomic E-state index is 0.550. The number of ether oxygens (including phenoxy) is 3. The highest BCUT2D eigenvalue weighted by molar-refractivity contribution is 6.32. The van der Waals surface area contributed by atoms with E-state index in [0.29, 0.717) is 46.4 Å². The van der Waals surface area contributed by atoms with Crippen LogP contribution >= 0.6 is 11.6 Å². The standard InChI is InChI=1S/C28H29ClN4O3/c1-33-13-11-19(12-14-33)17-35-27-16-24-22(15-26(27)34-2)28(31-18-30-24)32-20-7-9-21(10-8-20)36-25-6-4-3-5-23(25)29/h3-10,15-16,18-19H,11-14,17H2,1-2H3,(H,30,31,32). The molecule has 0 aliphatic carbocycles. The zero-order valence-electron chi connectivity index (χ0n) is 20.4. The lowest BCUT2D eigenvalue weighted by Crippen LogP contribution is -2.32. The molecular formula is C28H29ClN4O3. The number of nitrogens with one attached hydrogen (secondary N) is 1. The van der Waals surface area contributed by atoms with Crippen LogP contribution in [-0.2, 0) is 0 Å². The number of fused-ring (bicyclic) bond motifs is 1. The van der Waals surface area contributed by atoms with Crippen LogP contribution in [0.5, 0.6) is 23.0 Å². The van der Waals surface area contributed by atoms with Crippen LogP contribution in [0.25, 0.3) is 10.9 Å². The van der Waals surface area contributed by atoms with Gasteiger partial charge < -0.3 is 24.4 Å². The SMILES string of the molecule is COc1cc2c(Nc3ccc(Oc4ccccc4Cl)cc3)ncnc2cc1OCC1CCN(C)CC1. The van der Waals surface area contributed by atoms with E-state index in [0.717, 1.165) is 42.5 Å². The number of hydrogen-bond acceptors (Lipinski definition) is 7. The number of halogens is 1. The van der Waals surface area contributed by atoms with Gasteiger partial charge in [0.2, 0.25) is 0 Å². The van der Waals surface area contributed by atoms with Crippen molar-refractivity contribution in [1.29, 1.82) is 0 Å². The van der Waals surface area contributed by atoms with Crippen molar-refractivity contribution in [2.75, 3.05) is 39.2 Å². The predicted octanol–water partition coefficient (Wildman–Crippen LogP) is 6.55. The quantitative estimate of drug-likeness (QED) is 0.292. The molecule has 7 nitrogen and oxygen atoms in total. The van der Waals surface area contributed by atoms with Crippen molar-refractivity contribution in [3.8, 4) is 23.0 Å². The summed E-state index contributed by atoms with van der Waals surface area (Å²) in [6, 6.07) is 18.9. The summed E-state index contributed by atoms with van der Waals surface area (Å²) in [6.45, 7) is 2.89. The van der Waals surface area contributed by atoms with Crippen molar-refractivity contribution in [2.24, 2.45) is 5.92 Å². The fraction of sp³-hybridized carbons (Fsp3) is 0.286. The number of nitrogens with zero attached hydrogens (tertiary/aromatic N) is 3. The summed E-state index contributed by atoms with van der Waals surface area (Å²) in [5.74, 6) is 3.90. The molecule has 1 aliphatic heterocycles. The summed E-state index contributed by atoms with van der Waals surface area (Å²) in [4.78, 5) is 11.3. The van der Waals surface area contributed by atoms with Crippen LogP contribution < -0.4 is 19.5 Å². The van der Waals surface area contributed by atoms with Gasteiger partial charge in [-0.05, 0) is 81.4 Å². The molecule has 0 saturated carbocycles. The number of piperidine rings is 1. The Hall–Kier alpha value is -3.55. The maximum Gasteiger partial charge on any atom is 0.163 e. The maximum atomic E-state index is 6.20. The first-order valence-electron chi connectivity index (χ1n) is 12.0. The summed E-state index contributed by atoms with van der Waals surface area (Å²) >= 11 is 6.20. The van der Waals surface area contributed by atoms with E-state index in [9.17, 15) is 0 Å². The van der Waals surface area contributed by atoms with Gasteiger partial charge in [-0.3, -0.25) is 0 Å². The van der Waals surface area contributed by atoms with Crippen LogP contribution in [0, 0.1) is 5.92 Å². The Bertz CT molecular complexity index is 1320. The van der Waals surface area contributed by atoms with E-state index in [-0.39, 0.29) is 0 Å². The van der Waals surface area contributed by atoms with E-state index in [1.54, 1.807) is 19.5 Å². The zero-order chi connectivity index (χ0) is 24.9. The number of rotatable bonds is 8. The second kappa shape index (κ2) is 11.0. The minimum Gasteiger partial charge on any atom is -0.493 e. The van der Waals surface area contributed by atoms with E-state index in [4.69, 9.17) is 25.8 Å². The highest BCUT2D eigenvalue weighted by atomic mass is 35.5. The fourth-order valence-electron chi connectivity index (χ4n) is 4.27. The van der Waals surface area contributed by atoms with Gasteiger partial charge in [0.1, 0.15) is 23.6 Å². The summed E-state index contributed by atoms with van der Waals surface area (Å²) in [5.41, 5.74) is 1.65. The van der Waals surface area contributed by atoms with Gasteiger partial charge in [0, 0.05) is 17.1 Å². The lowest BCUT2D eigenvalue weighted by atomic mass is 9.98. The number of benzene rings is 3. The normalized spacial score (nSPS) is 14.5. The van der Waals surface area contributed by atoms with Gasteiger partial charge in [-0.1, -0.05) is 23.7 Å². The van der Waals surface area contributed by atoms with Crippen molar-refractivity contribution < 1.29 is 14.2 Å². The molecule has 36 heavy (non-hydrogen) atoms. The number of anilines is 2. The largest absolute Gasteiger partial charge is 0.493 e. The zero-order valence-corrected chi connectivity index (χ0v) is 21.2. The average Bonchev–Trinajstić information content (AvgIpc) is 2.90. The molecule has 1 aliphatic rings. The van der Waals surface area contributed by atoms with Crippen LogP contribution in [0.2, 0.25) is 5.02 Å². The lowest BCUT2D eigenvalue weighted by molar-refractivity contribution is 0.157. The summed E-state index contributed by atoms with van der Waals surface area (Å²) in [6.07, 6.45) is 3.84. The Morgan fingerprint density at radius 3 is 2.50 bits per heavy atom. The Labute approximate surface area is 216 Å². The van der Waals surface area contributed by atoms with Crippen LogP contribution in [-0.4, -0.2) is 48.7 Å². The van der Waals surface area contributed by atoms with E-state index < -0.39 is 0 Å². The van der Waals surface area contributed by atoms with Gasteiger partial charge in [0.05, 0.1) is 24.3 Å². The predicted molar refractivity (Wildman–Crippen MR) is 143 cm³/mol. The molecule has 0 spiro atoms. The summed E-state index contributed by atoms with van der Waals surface area (Å²) in [7, 11) is 3.82.